The molecular formula is C13H13ClFN3O2. The molecule has 0 amide bonds. The van der Waals surface area contributed by atoms with Gasteiger partial charge in [-0.05, 0) is 26.0 Å². The number of rotatable bonds is 4. The minimum absolute atomic E-state index is 0.140. The molecular weight excluding hydrogens is 285 g/mol. The lowest BCUT2D eigenvalue weighted by atomic mass is 10.2. The first-order valence-corrected chi connectivity index (χ1v) is 6.41. The Balaban J connectivity index is 2.24. The Kier molecular flexibility index (Phi) is 4.34. The summed E-state index contributed by atoms with van der Waals surface area (Å²) in [6.45, 7) is 3.82. The van der Waals surface area contributed by atoms with Crippen molar-refractivity contribution >= 4 is 17.6 Å². The second-order valence-electron chi connectivity index (χ2n) is 4.14. The number of hydrogen-bond acceptors (Lipinski definition) is 4. The van der Waals surface area contributed by atoms with Crippen molar-refractivity contribution in [1.29, 1.82) is 0 Å². The zero-order valence-electron chi connectivity index (χ0n) is 11.1. The standard InChI is InChI=1S/C13H13ClFN3O2/c1-3-20-13(19)12-8(2)18(17-16-12)7-9-4-5-10(14)6-11(9)15/h4-6H,3,7H2,1-2H3. The molecule has 7 heteroatoms. The summed E-state index contributed by atoms with van der Waals surface area (Å²) in [6, 6.07) is 4.40. The van der Waals surface area contributed by atoms with Crippen molar-refractivity contribution in [3.05, 3.63) is 46.0 Å². The average Bonchev–Trinajstić information content (AvgIpc) is 2.75. The van der Waals surface area contributed by atoms with Crippen LogP contribution in [0.15, 0.2) is 18.2 Å². The van der Waals surface area contributed by atoms with Crippen molar-refractivity contribution in [3.8, 4) is 0 Å². The third kappa shape index (κ3) is 2.96. The fourth-order valence-electron chi connectivity index (χ4n) is 1.71. The predicted molar refractivity (Wildman–Crippen MR) is 71.2 cm³/mol. The van der Waals surface area contributed by atoms with Gasteiger partial charge in [-0.15, -0.1) is 5.10 Å². The van der Waals surface area contributed by atoms with Gasteiger partial charge >= 0.3 is 5.97 Å². The fraction of sp³-hybridized carbons (Fsp3) is 0.308. The summed E-state index contributed by atoms with van der Waals surface area (Å²) in [5.74, 6) is -0.960. The van der Waals surface area contributed by atoms with Crippen molar-refractivity contribution in [2.75, 3.05) is 6.61 Å². The van der Waals surface area contributed by atoms with Crippen LogP contribution in [-0.4, -0.2) is 27.6 Å². The molecule has 0 spiro atoms. The first-order chi connectivity index (χ1) is 9.52. The van der Waals surface area contributed by atoms with E-state index in [0.29, 0.717) is 16.3 Å². The molecule has 0 bridgehead atoms. The Labute approximate surface area is 120 Å². The number of benzene rings is 1. The van der Waals surface area contributed by atoms with E-state index in [4.69, 9.17) is 16.3 Å². The van der Waals surface area contributed by atoms with E-state index in [-0.39, 0.29) is 18.8 Å². The van der Waals surface area contributed by atoms with E-state index in [0.717, 1.165) is 0 Å². The van der Waals surface area contributed by atoms with Crippen LogP contribution in [0, 0.1) is 12.7 Å². The van der Waals surface area contributed by atoms with Crippen molar-refractivity contribution in [2.24, 2.45) is 0 Å². The zero-order valence-corrected chi connectivity index (χ0v) is 11.8. The second-order valence-corrected chi connectivity index (χ2v) is 4.57. The highest BCUT2D eigenvalue weighted by molar-refractivity contribution is 6.30. The lowest BCUT2D eigenvalue weighted by molar-refractivity contribution is 0.0518. The molecule has 1 aromatic carbocycles. The Morgan fingerprint density at radius 2 is 2.25 bits per heavy atom. The molecule has 20 heavy (non-hydrogen) atoms. The summed E-state index contributed by atoms with van der Waals surface area (Å²) >= 11 is 5.70. The molecule has 0 atom stereocenters. The topological polar surface area (TPSA) is 57.0 Å². The molecule has 2 rings (SSSR count). The lowest BCUT2D eigenvalue weighted by Crippen LogP contribution is -2.09. The number of ether oxygens (including phenoxy) is 1. The summed E-state index contributed by atoms with van der Waals surface area (Å²) in [5.41, 5.74) is 1.08. The van der Waals surface area contributed by atoms with Gasteiger partial charge < -0.3 is 4.74 Å². The Hall–Kier alpha value is -1.95. The number of halogens is 2. The Morgan fingerprint density at radius 3 is 2.90 bits per heavy atom. The molecule has 0 saturated heterocycles. The van der Waals surface area contributed by atoms with E-state index < -0.39 is 11.8 Å². The van der Waals surface area contributed by atoms with E-state index >= 15 is 0 Å². The number of nitrogens with zero attached hydrogens (tertiary/aromatic N) is 3. The van der Waals surface area contributed by atoms with Gasteiger partial charge in [0.05, 0.1) is 18.8 Å². The molecule has 1 heterocycles. The third-order valence-corrected chi connectivity index (χ3v) is 3.02. The molecule has 0 unspecified atom stereocenters. The van der Waals surface area contributed by atoms with Gasteiger partial charge in [-0.3, -0.25) is 0 Å². The fourth-order valence-corrected chi connectivity index (χ4v) is 1.87. The molecule has 0 saturated carbocycles. The maximum Gasteiger partial charge on any atom is 0.360 e. The van der Waals surface area contributed by atoms with Gasteiger partial charge in [0.1, 0.15) is 5.82 Å². The quantitative estimate of drug-likeness (QED) is 0.814. The van der Waals surface area contributed by atoms with Crippen LogP contribution in [0.25, 0.3) is 0 Å². The van der Waals surface area contributed by atoms with Crippen molar-refractivity contribution in [3.63, 3.8) is 0 Å². The van der Waals surface area contributed by atoms with Crippen LogP contribution in [0.1, 0.15) is 28.7 Å². The first kappa shape index (κ1) is 14.5. The smallest absolute Gasteiger partial charge is 0.360 e. The number of esters is 1. The molecule has 2 aromatic rings. The van der Waals surface area contributed by atoms with Gasteiger partial charge in [-0.2, -0.15) is 0 Å². The van der Waals surface area contributed by atoms with Gasteiger partial charge in [0.25, 0.3) is 0 Å². The van der Waals surface area contributed by atoms with Gasteiger partial charge in [-0.1, -0.05) is 22.9 Å². The van der Waals surface area contributed by atoms with Crippen molar-refractivity contribution < 1.29 is 13.9 Å². The normalized spacial score (nSPS) is 10.6. The van der Waals surface area contributed by atoms with Crippen molar-refractivity contribution in [1.82, 2.24) is 15.0 Å². The van der Waals surface area contributed by atoms with Crippen LogP contribution in [0.2, 0.25) is 5.02 Å². The minimum atomic E-state index is -0.534. The highest BCUT2D eigenvalue weighted by atomic mass is 35.5. The van der Waals surface area contributed by atoms with E-state index in [1.54, 1.807) is 26.0 Å². The summed E-state index contributed by atoms with van der Waals surface area (Å²) in [7, 11) is 0. The minimum Gasteiger partial charge on any atom is -0.461 e. The summed E-state index contributed by atoms with van der Waals surface area (Å²) in [4.78, 5) is 11.6. The molecule has 0 aliphatic rings. The zero-order chi connectivity index (χ0) is 14.7. The molecule has 5 nitrogen and oxygen atoms in total. The molecule has 0 radical (unpaired) electrons. The number of carbonyl (C=O) groups is 1. The van der Waals surface area contributed by atoms with Crippen LogP contribution in [0.3, 0.4) is 0 Å². The molecule has 106 valence electrons. The van der Waals surface area contributed by atoms with Gasteiger partial charge in [0.15, 0.2) is 5.69 Å². The Morgan fingerprint density at radius 1 is 1.50 bits per heavy atom. The van der Waals surface area contributed by atoms with Crippen LogP contribution in [0.5, 0.6) is 0 Å². The monoisotopic (exact) mass is 297 g/mol. The maximum absolute atomic E-state index is 13.7. The second kappa shape index (κ2) is 6.00. The largest absolute Gasteiger partial charge is 0.461 e. The lowest BCUT2D eigenvalue weighted by Gasteiger charge is -2.05. The molecule has 0 fully saturated rings. The SMILES string of the molecule is CCOC(=O)c1nnn(Cc2ccc(Cl)cc2F)c1C. The van der Waals surface area contributed by atoms with Gasteiger partial charge in [0, 0.05) is 10.6 Å². The van der Waals surface area contributed by atoms with E-state index in [1.165, 1.54) is 10.7 Å². The first-order valence-electron chi connectivity index (χ1n) is 6.04. The van der Waals surface area contributed by atoms with E-state index in [9.17, 15) is 9.18 Å². The van der Waals surface area contributed by atoms with Crippen LogP contribution >= 0.6 is 11.6 Å². The van der Waals surface area contributed by atoms with Gasteiger partial charge in [0.2, 0.25) is 0 Å². The van der Waals surface area contributed by atoms with Crippen LogP contribution in [-0.2, 0) is 11.3 Å². The van der Waals surface area contributed by atoms with E-state index in [2.05, 4.69) is 10.3 Å². The average molecular weight is 298 g/mol. The highest BCUT2D eigenvalue weighted by Crippen LogP contribution is 2.16. The number of aromatic nitrogens is 3. The number of carbonyl (C=O) groups excluding carboxylic acids is 1. The summed E-state index contributed by atoms with van der Waals surface area (Å²) in [5, 5.41) is 7.94. The predicted octanol–water partition coefficient (Wildman–Crippen LogP) is 2.60. The molecule has 0 aliphatic heterocycles. The highest BCUT2D eigenvalue weighted by Gasteiger charge is 2.18. The maximum atomic E-state index is 13.7. The summed E-state index contributed by atoms with van der Waals surface area (Å²) in [6.07, 6.45) is 0. The Bertz CT molecular complexity index is 643. The van der Waals surface area contributed by atoms with E-state index in [1.807, 2.05) is 0 Å². The molecule has 1 aromatic heterocycles. The summed E-state index contributed by atoms with van der Waals surface area (Å²) < 4.78 is 20.0. The molecule has 0 N–H and O–H groups in total. The van der Waals surface area contributed by atoms with Gasteiger partial charge in [-0.25, -0.2) is 13.9 Å². The third-order valence-electron chi connectivity index (χ3n) is 2.79. The van der Waals surface area contributed by atoms with Crippen LogP contribution in [0.4, 0.5) is 4.39 Å². The van der Waals surface area contributed by atoms with Crippen molar-refractivity contribution in [2.45, 2.75) is 20.4 Å². The number of hydrogen-bond donors (Lipinski definition) is 0. The van der Waals surface area contributed by atoms with Crippen LogP contribution < -0.4 is 0 Å². The molecule has 0 aliphatic carbocycles.